The van der Waals surface area contributed by atoms with E-state index in [0.717, 1.165) is 10.5 Å². The van der Waals surface area contributed by atoms with Crippen LogP contribution in [0.3, 0.4) is 0 Å². The number of rotatable bonds is 1. The van der Waals surface area contributed by atoms with Crippen molar-refractivity contribution in [3.63, 3.8) is 0 Å². The van der Waals surface area contributed by atoms with E-state index in [4.69, 9.17) is 11.6 Å². The van der Waals surface area contributed by atoms with E-state index >= 15 is 0 Å². The highest BCUT2D eigenvalue weighted by molar-refractivity contribution is 8.00. The van der Waals surface area contributed by atoms with Crippen molar-refractivity contribution >= 4 is 34.3 Å². The molecule has 1 aromatic heterocycles. The molecule has 2 aromatic rings. The maximum Gasteiger partial charge on any atom is 0.0728 e. The zero-order valence-electron chi connectivity index (χ0n) is 9.62. The number of hydrogen-bond donors (Lipinski definition) is 0. The summed E-state index contributed by atoms with van der Waals surface area (Å²) in [4.78, 5) is 5.59. The highest BCUT2D eigenvalue weighted by Gasteiger charge is 2.14. The lowest BCUT2D eigenvalue weighted by Crippen LogP contribution is -2.06. The Kier molecular flexibility index (Phi) is 3.13. The fourth-order valence-electron chi connectivity index (χ4n) is 1.51. The minimum Gasteiger partial charge on any atom is -0.256 e. The average Bonchev–Trinajstić information content (AvgIpc) is 2.15. The highest BCUT2D eigenvalue weighted by Crippen LogP contribution is 2.36. The minimum atomic E-state index is 0.202. The molecule has 0 unspecified atom stereocenters. The second-order valence-electron chi connectivity index (χ2n) is 4.68. The summed E-state index contributed by atoms with van der Waals surface area (Å²) < 4.78 is 0.202. The van der Waals surface area contributed by atoms with E-state index < -0.39 is 0 Å². The van der Waals surface area contributed by atoms with Crippen molar-refractivity contribution in [2.75, 3.05) is 0 Å². The van der Waals surface area contributed by atoms with Gasteiger partial charge < -0.3 is 0 Å². The lowest BCUT2D eigenvalue weighted by Gasteiger charge is -2.18. The number of nitrogens with zero attached hydrogens (tertiary/aromatic N) is 1. The number of fused-ring (bicyclic) bond motifs is 1. The van der Waals surface area contributed by atoms with Gasteiger partial charge in [-0.2, -0.15) is 0 Å². The van der Waals surface area contributed by atoms with Crippen LogP contribution in [0.2, 0.25) is 5.02 Å². The second kappa shape index (κ2) is 4.27. The molecule has 84 valence electrons. The first-order valence-electron chi connectivity index (χ1n) is 5.19. The Morgan fingerprint density at radius 2 is 1.94 bits per heavy atom. The molecule has 0 bridgehead atoms. The lowest BCUT2D eigenvalue weighted by atomic mass is 10.2. The summed E-state index contributed by atoms with van der Waals surface area (Å²) in [6.45, 7) is 6.62. The molecule has 0 radical (unpaired) electrons. The van der Waals surface area contributed by atoms with E-state index in [2.05, 4.69) is 31.8 Å². The number of pyridine rings is 1. The van der Waals surface area contributed by atoms with Crippen LogP contribution in [0.25, 0.3) is 10.9 Å². The Labute approximate surface area is 105 Å². The molecule has 0 N–H and O–H groups in total. The predicted octanol–water partition coefficient (Wildman–Crippen LogP) is 4.78. The quantitative estimate of drug-likeness (QED) is 0.677. The van der Waals surface area contributed by atoms with Gasteiger partial charge in [0, 0.05) is 26.2 Å². The molecule has 16 heavy (non-hydrogen) atoms. The van der Waals surface area contributed by atoms with Gasteiger partial charge in [0.15, 0.2) is 0 Å². The molecular weight excluding hydrogens is 238 g/mol. The number of benzene rings is 1. The monoisotopic (exact) mass is 251 g/mol. The molecule has 2 rings (SSSR count). The van der Waals surface area contributed by atoms with Crippen LogP contribution >= 0.6 is 23.4 Å². The first-order chi connectivity index (χ1) is 7.46. The molecule has 1 heterocycles. The van der Waals surface area contributed by atoms with Gasteiger partial charge in [0.1, 0.15) is 0 Å². The lowest BCUT2D eigenvalue weighted by molar-refractivity contribution is 0.803. The SMILES string of the molecule is CC(C)(C)Sc1ccnc2cc(Cl)ccc12. The number of thioether (sulfide) groups is 1. The van der Waals surface area contributed by atoms with Crippen molar-refractivity contribution in [2.45, 2.75) is 30.4 Å². The van der Waals surface area contributed by atoms with Gasteiger partial charge in [-0.3, -0.25) is 4.98 Å². The van der Waals surface area contributed by atoms with Crippen LogP contribution in [0.5, 0.6) is 0 Å². The average molecular weight is 252 g/mol. The van der Waals surface area contributed by atoms with Crippen LogP contribution in [0.1, 0.15) is 20.8 Å². The third-order valence-corrected chi connectivity index (χ3v) is 3.50. The van der Waals surface area contributed by atoms with E-state index in [1.54, 1.807) is 0 Å². The van der Waals surface area contributed by atoms with Gasteiger partial charge >= 0.3 is 0 Å². The standard InChI is InChI=1S/C13H14ClNS/c1-13(2,3)16-12-6-7-15-11-8-9(14)4-5-10(11)12/h4-8H,1-3H3. The summed E-state index contributed by atoms with van der Waals surface area (Å²) in [6.07, 6.45) is 1.84. The maximum atomic E-state index is 5.96. The zero-order chi connectivity index (χ0) is 11.8. The van der Waals surface area contributed by atoms with Crippen LogP contribution in [0.4, 0.5) is 0 Å². The summed E-state index contributed by atoms with van der Waals surface area (Å²) in [5.74, 6) is 0. The largest absolute Gasteiger partial charge is 0.256 e. The molecule has 0 aliphatic heterocycles. The van der Waals surface area contributed by atoms with Crippen molar-refractivity contribution in [3.8, 4) is 0 Å². The third-order valence-electron chi connectivity index (χ3n) is 2.08. The smallest absolute Gasteiger partial charge is 0.0728 e. The summed E-state index contributed by atoms with van der Waals surface area (Å²) >= 11 is 7.81. The van der Waals surface area contributed by atoms with Crippen molar-refractivity contribution < 1.29 is 0 Å². The van der Waals surface area contributed by atoms with Crippen molar-refractivity contribution in [1.29, 1.82) is 0 Å². The van der Waals surface area contributed by atoms with Gasteiger partial charge in [-0.1, -0.05) is 38.4 Å². The zero-order valence-corrected chi connectivity index (χ0v) is 11.2. The minimum absolute atomic E-state index is 0.202. The molecule has 0 amide bonds. The van der Waals surface area contributed by atoms with Crippen molar-refractivity contribution in [3.05, 3.63) is 35.5 Å². The molecule has 3 heteroatoms. The highest BCUT2D eigenvalue weighted by atomic mass is 35.5. The van der Waals surface area contributed by atoms with Crippen LogP contribution in [-0.2, 0) is 0 Å². The Balaban J connectivity index is 2.54. The first kappa shape index (κ1) is 11.7. The summed E-state index contributed by atoms with van der Waals surface area (Å²) in [5.41, 5.74) is 0.960. The van der Waals surface area contributed by atoms with E-state index in [-0.39, 0.29) is 4.75 Å². The number of aromatic nitrogens is 1. The van der Waals surface area contributed by atoms with Crippen LogP contribution in [-0.4, -0.2) is 9.73 Å². The van der Waals surface area contributed by atoms with Gasteiger partial charge in [-0.25, -0.2) is 0 Å². The number of hydrogen-bond acceptors (Lipinski definition) is 2. The molecule has 0 spiro atoms. The maximum absolute atomic E-state index is 5.96. The topological polar surface area (TPSA) is 12.9 Å². The Morgan fingerprint density at radius 3 is 2.62 bits per heavy atom. The van der Waals surface area contributed by atoms with Crippen LogP contribution in [0, 0.1) is 0 Å². The normalized spacial score (nSPS) is 12.0. The first-order valence-corrected chi connectivity index (χ1v) is 6.38. The second-order valence-corrected chi connectivity index (χ2v) is 6.99. The molecule has 0 aliphatic rings. The van der Waals surface area contributed by atoms with E-state index in [9.17, 15) is 0 Å². The summed E-state index contributed by atoms with van der Waals surface area (Å²) in [6, 6.07) is 7.92. The van der Waals surface area contributed by atoms with Crippen LogP contribution < -0.4 is 0 Å². The molecule has 0 saturated carbocycles. The summed E-state index contributed by atoms with van der Waals surface area (Å²) in [5, 5.41) is 1.91. The van der Waals surface area contributed by atoms with Gasteiger partial charge in [0.2, 0.25) is 0 Å². The number of halogens is 1. The molecular formula is C13H14ClNS. The fraction of sp³-hybridized carbons (Fsp3) is 0.308. The van der Waals surface area contributed by atoms with E-state index in [1.807, 2.05) is 36.2 Å². The summed E-state index contributed by atoms with van der Waals surface area (Å²) in [7, 11) is 0. The predicted molar refractivity (Wildman–Crippen MR) is 72.4 cm³/mol. The Morgan fingerprint density at radius 1 is 1.19 bits per heavy atom. The van der Waals surface area contributed by atoms with E-state index in [1.165, 1.54) is 10.3 Å². The van der Waals surface area contributed by atoms with Crippen molar-refractivity contribution in [1.82, 2.24) is 4.98 Å². The molecule has 0 aliphatic carbocycles. The van der Waals surface area contributed by atoms with Gasteiger partial charge in [0.05, 0.1) is 5.52 Å². The molecule has 1 aromatic carbocycles. The van der Waals surface area contributed by atoms with Crippen molar-refractivity contribution in [2.24, 2.45) is 0 Å². The molecule has 1 nitrogen and oxygen atoms in total. The fourth-order valence-corrected chi connectivity index (χ4v) is 2.75. The molecule has 0 fully saturated rings. The van der Waals surface area contributed by atoms with Crippen LogP contribution in [0.15, 0.2) is 35.4 Å². The Bertz CT molecular complexity index is 517. The molecule has 0 saturated heterocycles. The van der Waals surface area contributed by atoms with Gasteiger partial charge in [-0.05, 0) is 18.2 Å². The van der Waals surface area contributed by atoms with E-state index in [0.29, 0.717) is 0 Å². The van der Waals surface area contributed by atoms with Gasteiger partial charge in [0.25, 0.3) is 0 Å². The Hall–Kier alpha value is -0.730. The van der Waals surface area contributed by atoms with Gasteiger partial charge in [-0.15, -0.1) is 11.8 Å². The third kappa shape index (κ3) is 2.69. The molecule has 0 atom stereocenters.